The fourth-order valence-electron chi connectivity index (χ4n) is 4.27. The van der Waals surface area contributed by atoms with Crippen molar-refractivity contribution in [1.29, 1.82) is 0 Å². The van der Waals surface area contributed by atoms with Crippen LogP contribution in [0, 0.1) is 0 Å². The Balaban J connectivity index is 1.52. The Kier molecular flexibility index (Phi) is 5.09. The molecule has 0 N–H and O–H groups in total. The molecule has 1 saturated heterocycles. The lowest BCUT2D eigenvalue weighted by molar-refractivity contribution is 0.0715. The van der Waals surface area contributed by atoms with E-state index >= 15 is 0 Å². The van der Waals surface area contributed by atoms with Crippen LogP contribution in [0.3, 0.4) is 0 Å². The Morgan fingerprint density at radius 3 is 2.88 bits per heavy atom. The van der Waals surface area contributed by atoms with Crippen molar-refractivity contribution in [1.82, 2.24) is 24.6 Å². The van der Waals surface area contributed by atoms with Crippen LogP contribution in [0.15, 0.2) is 10.9 Å². The van der Waals surface area contributed by atoms with Gasteiger partial charge in [0.2, 0.25) is 0 Å². The van der Waals surface area contributed by atoms with Crippen molar-refractivity contribution >= 4 is 17.2 Å². The van der Waals surface area contributed by atoms with Crippen LogP contribution in [0.1, 0.15) is 53.1 Å². The Morgan fingerprint density at radius 1 is 1.35 bits per heavy atom. The predicted octanol–water partition coefficient (Wildman–Crippen LogP) is 2.49. The van der Waals surface area contributed by atoms with Crippen molar-refractivity contribution in [3.63, 3.8) is 0 Å². The number of piperidine rings is 1. The summed E-state index contributed by atoms with van der Waals surface area (Å²) >= 11 is 1.64. The Morgan fingerprint density at radius 2 is 2.15 bits per heavy atom. The lowest BCUT2D eigenvalue weighted by Crippen LogP contribution is -2.38. The molecule has 0 aromatic carbocycles. The normalized spacial score (nSPS) is 20.4. The summed E-state index contributed by atoms with van der Waals surface area (Å²) in [6.07, 6.45) is 6.44. The third-order valence-corrected chi connectivity index (χ3v) is 6.43. The molecule has 0 radical (unpaired) electrons. The van der Waals surface area contributed by atoms with Crippen molar-refractivity contribution in [3.05, 3.63) is 33.5 Å². The van der Waals surface area contributed by atoms with Gasteiger partial charge in [-0.05, 0) is 45.6 Å². The minimum atomic E-state index is 0.129. The number of aryl methyl sites for hydroxylation is 1. The van der Waals surface area contributed by atoms with Gasteiger partial charge in [-0.1, -0.05) is 0 Å². The summed E-state index contributed by atoms with van der Waals surface area (Å²) in [5, 5.41) is 6.74. The first-order valence-electron chi connectivity index (χ1n) is 9.55. The van der Waals surface area contributed by atoms with E-state index in [1.54, 1.807) is 11.3 Å². The molecule has 0 spiro atoms. The zero-order chi connectivity index (χ0) is 18.1. The minimum Gasteiger partial charge on any atom is -0.337 e. The molecular weight excluding hydrogens is 346 g/mol. The number of rotatable bonds is 4. The number of likely N-dealkylation sites (N-methyl/N-ethyl adjacent to an activating group) is 1. The van der Waals surface area contributed by atoms with Crippen LogP contribution in [-0.2, 0) is 26.4 Å². The van der Waals surface area contributed by atoms with Gasteiger partial charge in [0.25, 0.3) is 5.91 Å². The van der Waals surface area contributed by atoms with Crippen LogP contribution >= 0.6 is 11.3 Å². The molecule has 1 fully saturated rings. The van der Waals surface area contributed by atoms with Crippen LogP contribution in [-0.4, -0.2) is 56.7 Å². The van der Waals surface area contributed by atoms with Crippen molar-refractivity contribution in [2.24, 2.45) is 7.05 Å². The summed E-state index contributed by atoms with van der Waals surface area (Å²) in [7, 11) is 4.14. The molecule has 0 bridgehead atoms. The van der Waals surface area contributed by atoms with E-state index in [0.29, 0.717) is 11.7 Å². The highest BCUT2D eigenvalue weighted by Crippen LogP contribution is 2.28. The number of thiazole rings is 1. The second kappa shape index (κ2) is 7.48. The second-order valence-electron chi connectivity index (χ2n) is 7.54. The summed E-state index contributed by atoms with van der Waals surface area (Å²) in [4.78, 5) is 21.8. The van der Waals surface area contributed by atoms with E-state index in [0.717, 1.165) is 57.4 Å². The Labute approximate surface area is 158 Å². The molecular formula is C19H27N5OS. The fourth-order valence-corrected chi connectivity index (χ4v) is 4.82. The Hall–Kier alpha value is -1.73. The van der Waals surface area contributed by atoms with E-state index in [-0.39, 0.29) is 5.91 Å². The van der Waals surface area contributed by atoms with Crippen molar-refractivity contribution in [3.8, 4) is 0 Å². The van der Waals surface area contributed by atoms with Gasteiger partial charge in [0.05, 0.1) is 11.2 Å². The zero-order valence-corrected chi connectivity index (χ0v) is 16.5. The van der Waals surface area contributed by atoms with Gasteiger partial charge in [0, 0.05) is 49.4 Å². The molecule has 0 saturated carbocycles. The summed E-state index contributed by atoms with van der Waals surface area (Å²) in [6, 6.07) is 0.432. The standard InChI is InChI=1S/C19H27N5OS/c1-22(11-14-12-26-13-20-14)15-6-7-17-16(10-15)18(21-23(17)2)19(25)24-8-4-3-5-9-24/h12-13,15H,3-11H2,1-2H3. The van der Waals surface area contributed by atoms with E-state index in [4.69, 9.17) is 0 Å². The molecule has 1 unspecified atom stereocenters. The highest BCUT2D eigenvalue weighted by Gasteiger charge is 2.32. The van der Waals surface area contributed by atoms with E-state index in [2.05, 4.69) is 27.4 Å². The Bertz CT molecular complexity index is 763. The van der Waals surface area contributed by atoms with Gasteiger partial charge in [-0.2, -0.15) is 5.10 Å². The summed E-state index contributed by atoms with van der Waals surface area (Å²) in [5.74, 6) is 0.129. The number of hydrogen-bond donors (Lipinski definition) is 0. The highest BCUT2D eigenvalue weighted by atomic mass is 32.1. The first-order chi connectivity index (χ1) is 12.6. The molecule has 2 aliphatic rings. The SMILES string of the molecule is CN(Cc1cscn1)C1CCc2c(c(C(=O)N3CCCCC3)nn2C)C1. The monoisotopic (exact) mass is 373 g/mol. The maximum atomic E-state index is 13.0. The van der Waals surface area contributed by atoms with E-state index in [9.17, 15) is 4.79 Å². The number of carbonyl (C=O) groups excluding carboxylic acids is 1. The van der Waals surface area contributed by atoms with Crippen LogP contribution in [0.25, 0.3) is 0 Å². The molecule has 1 atom stereocenters. The molecule has 140 valence electrons. The molecule has 1 aliphatic carbocycles. The number of hydrogen-bond acceptors (Lipinski definition) is 5. The predicted molar refractivity (Wildman–Crippen MR) is 102 cm³/mol. The lowest BCUT2D eigenvalue weighted by atomic mass is 9.90. The first kappa shape index (κ1) is 17.7. The number of aromatic nitrogens is 3. The van der Waals surface area contributed by atoms with Gasteiger partial charge in [-0.3, -0.25) is 14.4 Å². The van der Waals surface area contributed by atoms with Crippen LogP contribution in [0.2, 0.25) is 0 Å². The van der Waals surface area contributed by atoms with Gasteiger partial charge < -0.3 is 4.90 Å². The van der Waals surface area contributed by atoms with Crippen molar-refractivity contribution in [2.75, 3.05) is 20.1 Å². The van der Waals surface area contributed by atoms with Crippen LogP contribution in [0.5, 0.6) is 0 Å². The summed E-state index contributed by atoms with van der Waals surface area (Å²) in [6.45, 7) is 2.61. The van der Waals surface area contributed by atoms with E-state index in [1.807, 2.05) is 22.1 Å². The molecule has 2 aromatic rings. The van der Waals surface area contributed by atoms with Gasteiger partial charge in [-0.15, -0.1) is 11.3 Å². The van der Waals surface area contributed by atoms with Crippen LogP contribution < -0.4 is 0 Å². The number of amides is 1. The average molecular weight is 374 g/mol. The fraction of sp³-hybridized carbons (Fsp3) is 0.632. The lowest BCUT2D eigenvalue weighted by Gasteiger charge is -2.31. The van der Waals surface area contributed by atoms with Gasteiger partial charge in [0.15, 0.2) is 5.69 Å². The molecule has 2 aromatic heterocycles. The quantitative estimate of drug-likeness (QED) is 0.826. The zero-order valence-electron chi connectivity index (χ0n) is 15.6. The highest BCUT2D eigenvalue weighted by molar-refractivity contribution is 7.07. The molecule has 7 heteroatoms. The number of nitrogens with zero attached hydrogens (tertiary/aromatic N) is 5. The third-order valence-electron chi connectivity index (χ3n) is 5.79. The summed E-state index contributed by atoms with van der Waals surface area (Å²) in [5.41, 5.74) is 6.11. The van der Waals surface area contributed by atoms with Gasteiger partial charge >= 0.3 is 0 Å². The minimum absolute atomic E-state index is 0.129. The van der Waals surface area contributed by atoms with E-state index < -0.39 is 0 Å². The molecule has 1 aliphatic heterocycles. The third kappa shape index (κ3) is 3.42. The second-order valence-corrected chi connectivity index (χ2v) is 8.26. The largest absolute Gasteiger partial charge is 0.337 e. The number of carbonyl (C=O) groups is 1. The topological polar surface area (TPSA) is 54.3 Å². The summed E-state index contributed by atoms with van der Waals surface area (Å²) < 4.78 is 1.93. The average Bonchev–Trinajstić information content (AvgIpc) is 3.29. The molecule has 3 heterocycles. The molecule has 4 rings (SSSR count). The van der Waals surface area contributed by atoms with Gasteiger partial charge in [0.1, 0.15) is 0 Å². The van der Waals surface area contributed by atoms with Crippen molar-refractivity contribution < 1.29 is 4.79 Å². The first-order valence-corrected chi connectivity index (χ1v) is 10.5. The maximum absolute atomic E-state index is 13.0. The van der Waals surface area contributed by atoms with Gasteiger partial charge in [-0.25, -0.2) is 4.98 Å². The number of fused-ring (bicyclic) bond motifs is 1. The molecule has 6 nitrogen and oxygen atoms in total. The smallest absolute Gasteiger partial charge is 0.274 e. The van der Waals surface area contributed by atoms with E-state index in [1.165, 1.54) is 17.7 Å². The van der Waals surface area contributed by atoms with Crippen LogP contribution in [0.4, 0.5) is 0 Å². The van der Waals surface area contributed by atoms with Crippen molar-refractivity contribution in [2.45, 2.75) is 51.1 Å². The maximum Gasteiger partial charge on any atom is 0.274 e. The molecule has 1 amide bonds. The molecule has 26 heavy (non-hydrogen) atoms. The number of likely N-dealkylation sites (tertiary alicyclic amines) is 1.